The van der Waals surface area contributed by atoms with Gasteiger partial charge in [0.1, 0.15) is 0 Å². The van der Waals surface area contributed by atoms with Crippen LogP contribution in [0.15, 0.2) is 42.5 Å². The second-order valence-electron chi connectivity index (χ2n) is 4.88. The standard InChI is InChI=1S/C16H16N2O4/c1-11-10-14(18(21)22)6-7-15(11)16(20)17-13-4-2-12(3-5-13)8-9-19/h2-7,10,19H,8-9H2,1H3,(H,17,20). The first kappa shape index (κ1) is 15.7. The Labute approximate surface area is 127 Å². The van der Waals surface area contributed by atoms with Crippen molar-refractivity contribution in [3.8, 4) is 0 Å². The summed E-state index contributed by atoms with van der Waals surface area (Å²) in [7, 11) is 0. The number of benzene rings is 2. The zero-order valence-electron chi connectivity index (χ0n) is 12.1. The number of rotatable bonds is 5. The highest BCUT2D eigenvalue weighted by molar-refractivity contribution is 6.05. The lowest BCUT2D eigenvalue weighted by atomic mass is 10.1. The van der Waals surface area contributed by atoms with E-state index in [4.69, 9.17) is 5.11 Å². The van der Waals surface area contributed by atoms with Crippen LogP contribution in [-0.4, -0.2) is 22.5 Å². The molecule has 0 aliphatic rings. The zero-order chi connectivity index (χ0) is 16.1. The quantitative estimate of drug-likeness (QED) is 0.656. The number of aliphatic hydroxyl groups excluding tert-OH is 1. The lowest BCUT2D eigenvalue weighted by Crippen LogP contribution is -2.13. The summed E-state index contributed by atoms with van der Waals surface area (Å²) in [6.45, 7) is 1.74. The summed E-state index contributed by atoms with van der Waals surface area (Å²) in [6, 6.07) is 11.3. The smallest absolute Gasteiger partial charge is 0.269 e. The molecule has 0 spiro atoms. The van der Waals surface area contributed by atoms with Crippen molar-refractivity contribution in [3.05, 3.63) is 69.3 Å². The molecular formula is C16H16N2O4. The lowest BCUT2D eigenvalue weighted by molar-refractivity contribution is -0.384. The summed E-state index contributed by atoms with van der Waals surface area (Å²) >= 11 is 0. The molecular weight excluding hydrogens is 284 g/mol. The van der Waals surface area contributed by atoms with Gasteiger partial charge >= 0.3 is 0 Å². The van der Waals surface area contributed by atoms with Gasteiger partial charge in [-0.15, -0.1) is 0 Å². The molecule has 0 aliphatic heterocycles. The minimum atomic E-state index is -0.491. The van der Waals surface area contributed by atoms with E-state index in [9.17, 15) is 14.9 Å². The third kappa shape index (κ3) is 3.67. The number of aliphatic hydroxyl groups is 1. The molecule has 2 aromatic rings. The van der Waals surface area contributed by atoms with Crippen LogP contribution in [0.1, 0.15) is 21.5 Å². The number of nitrogens with one attached hydrogen (secondary N) is 1. The van der Waals surface area contributed by atoms with Crippen LogP contribution in [0.2, 0.25) is 0 Å². The minimum absolute atomic E-state index is 0.0394. The van der Waals surface area contributed by atoms with Crippen LogP contribution in [0.4, 0.5) is 11.4 Å². The number of non-ortho nitro benzene ring substituents is 1. The molecule has 1 amide bonds. The van der Waals surface area contributed by atoms with Gasteiger partial charge in [-0.3, -0.25) is 14.9 Å². The van der Waals surface area contributed by atoms with Crippen molar-refractivity contribution in [3.63, 3.8) is 0 Å². The maximum absolute atomic E-state index is 12.2. The van der Waals surface area contributed by atoms with Gasteiger partial charge in [0, 0.05) is 30.0 Å². The molecule has 2 rings (SSSR count). The fourth-order valence-electron chi connectivity index (χ4n) is 2.10. The van der Waals surface area contributed by atoms with Crippen molar-refractivity contribution in [2.24, 2.45) is 0 Å². The molecule has 0 unspecified atom stereocenters. The van der Waals surface area contributed by atoms with Crippen LogP contribution in [-0.2, 0) is 6.42 Å². The van der Waals surface area contributed by atoms with Gasteiger partial charge in [0.15, 0.2) is 0 Å². The number of nitro groups is 1. The predicted molar refractivity (Wildman–Crippen MR) is 83.0 cm³/mol. The van der Waals surface area contributed by atoms with Gasteiger partial charge in [0.25, 0.3) is 11.6 Å². The number of hydrogen-bond donors (Lipinski definition) is 2. The number of nitro benzene ring substituents is 1. The maximum Gasteiger partial charge on any atom is 0.269 e. The Hall–Kier alpha value is -2.73. The normalized spacial score (nSPS) is 10.3. The molecule has 0 saturated heterocycles. The molecule has 22 heavy (non-hydrogen) atoms. The second kappa shape index (κ2) is 6.82. The Balaban J connectivity index is 2.13. The van der Waals surface area contributed by atoms with Crippen LogP contribution >= 0.6 is 0 Å². The van der Waals surface area contributed by atoms with Gasteiger partial charge in [-0.1, -0.05) is 12.1 Å². The first-order valence-electron chi connectivity index (χ1n) is 6.77. The van der Waals surface area contributed by atoms with Gasteiger partial charge in [-0.2, -0.15) is 0 Å². The molecule has 0 atom stereocenters. The number of amides is 1. The third-order valence-corrected chi connectivity index (χ3v) is 3.28. The first-order chi connectivity index (χ1) is 10.5. The molecule has 6 nitrogen and oxygen atoms in total. The second-order valence-corrected chi connectivity index (χ2v) is 4.88. The largest absolute Gasteiger partial charge is 0.396 e. The molecule has 6 heteroatoms. The average molecular weight is 300 g/mol. The highest BCUT2D eigenvalue weighted by atomic mass is 16.6. The molecule has 0 aromatic heterocycles. The average Bonchev–Trinajstić information content (AvgIpc) is 2.49. The maximum atomic E-state index is 12.2. The molecule has 0 fully saturated rings. The molecule has 0 saturated carbocycles. The van der Waals surface area contributed by atoms with E-state index in [1.165, 1.54) is 18.2 Å². The zero-order valence-corrected chi connectivity index (χ0v) is 12.1. The van der Waals surface area contributed by atoms with Gasteiger partial charge in [0.05, 0.1) is 4.92 Å². The van der Waals surface area contributed by atoms with E-state index in [-0.39, 0.29) is 18.2 Å². The molecule has 2 aromatic carbocycles. The van der Waals surface area contributed by atoms with E-state index < -0.39 is 4.92 Å². The minimum Gasteiger partial charge on any atom is -0.396 e. The first-order valence-corrected chi connectivity index (χ1v) is 6.77. The summed E-state index contributed by atoms with van der Waals surface area (Å²) < 4.78 is 0. The van der Waals surface area contributed by atoms with E-state index in [0.29, 0.717) is 23.2 Å². The van der Waals surface area contributed by atoms with Crippen molar-refractivity contribution < 1.29 is 14.8 Å². The number of hydrogen-bond acceptors (Lipinski definition) is 4. The summed E-state index contributed by atoms with van der Waals surface area (Å²) in [6.07, 6.45) is 0.565. The van der Waals surface area contributed by atoms with Crippen LogP contribution in [0, 0.1) is 17.0 Å². The molecule has 0 heterocycles. The number of aryl methyl sites for hydroxylation is 1. The van der Waals surface area contributed by atoms with Crippen LogP contribution < -0.4 is 5.32 Å². The van der Waals surface area contributed by atoms with E-state index in [0.717, 1.165) is 5.56 Å². The summed E-state index contributed by atoms with van der Waals surface area (Å²) in [5, 5.41) is 22.3. The monoisotopic (exact) mass is 300 g/mol. The molecule has 0 aliphatic carbocycles. The molecule has 0 radical (unpaired) electrons. The Morgan fingerprint density at radius 1 is 1.23 bits per heavy atom. The Morgan fingerprint density at radius 3 is 2.45 bits per heavy atom. The number of carbonyl (C=O) groups is 1. The fraction of sp³-hybridized carbons (Fsp3) is 0.188. The lowest BCUT2D eigenvalue weighted by Gasteiger charge is -2.08. The predicted octanol–water partition coefficient (Wildman–Crippen LogP) is 2.69. The SMILES string of the molecule is Cc1cc([N+](=O)[O-])ccc1C(=O)Nc1ccc(CCO)cc1. The highest BCUT2D eigenvalue weighted by Crippen LogP contribution is 2.19. The van der Waals surface area contributed by atoms with E-state index in [1.54, 1.807) is 19.1 Å². The molecule has 114 valence electrons. The Bertz CT molecular complexity index is 696. The highest BCUT2D eigenvalue weighted by Gasteiger charge is 2.13. The number of nitrogens with zero attached hydrogens (tertiary/aromatic N) is 1. The van der Waals surface area contributed by atoms with Crippen LogP contribution in [0.3, 0.4) is 0 Å². The van der Waals surface area contributed by atoms with Gasteiger partial charge in [-0.05, 0) is 42.7 Å². The summed E-state index contributed by atoms with van der Waals surface area (Å²) in [5.41, 5.74) is 2.51. The number of anilines is 1. The van der Waals surface area contributed by atoms with Crippen LogP contribution in [0.5, 0.6) is 0 Å². The van der Waals surface area contributed by atoms with Crippen molar-refractivity contribution in [1.82, 2.24) is 0 Å². The summed E-state index contributed by atoms with van der Waals surface area (Å²) in [5.74, 6) is -0.317. The Morgan fingerprint density at radius 2 is 1.91 bits per heavy atom. The van der Waals surface area contributed by atoms with E-state index in [1.807, 2.05) is 12.1 Å². The Kier molecular flexibility index (Phi) is 4.85. The van der Waals surface area contributed by atoms with E-state index >= 15 is 0 Å². The van der Waals surface area contributed by atoms with Gasteiger partial charge in [0.2, 0.25) is 0 Å². The molecule has 0 bridgehead atoms. The van der Waals surface area contributed by atoms with Crippen molar-refractivity contribution >= 4 is 17.3 Å². The van der Waals surface area contributed by atoms with Crippen molar-refractivity contribution in [2.45, 2.75) is 13.3 Å². The topological polar surface area (TPSA) is 92.5 Å². The molecule has 2 N–H and O–H groups in total. The van der Waals surface area contributed by atoms with Gasteiger partial charge in [-0.25, -0.2) is 0 Å². The number of carbonyl (C=O) groups excluding carboxylic acids is 1. The van der Waals surface area contributed by atoms with Crippen LogP contribution in [0.25, 0.3) is 0 Å². The van der Waals surface area contributed by atoms with Crippen molar-refractivity contribution in [2.75, 3.05) is 11.9 Å². The van der Waals surface area contributed by atoms with E-state index in [2.05, 4.69) is 5.32 Å². The fourth-order valence-corrected chi connectivity index (χ4v) is 2.10. The van der Waals surface area contributed by atoms with Crippen molar-refractivity contribution in [1.29, 1.82) is 0 Å². The third-order valence-electron chi connectivity index (χ3n) is 3.28. The van der Waals surface area contributed by atoms with Gasteiger partial charge < -0.3 is 10.4 Å². The summed E-state index contributed by atoms with van der Waals surface area (Å²) in [4.78, 5) is 22.4.